The maximum Gasteiger partial charge on any atom is 0.335 e. The summed E-state index contributed by atoms with van der Waals surface area (Å²) in [4.78, 5) is 22.7. The number of carboxylic acid groups (broad SMARTS) is 1. The van der Waals surface area contributed by atoms with E-state index in [0.717, 1.165) is 0 Å². The number of nitrogens with one attached hydrogen (secondary N) is 2. The highest BCUT2D eigenvalue weighted by Crippen LogP contribution is 2.13. The Morgan fingerprint density at radius 3 is 2.24 bits per heavy atom. The summed E-state index contributed by atoms with van der Waals surface area (Å²) in [6, 6.07) is 12.3. The van der Waals surface area contributed by atoms with E-state index in [4.69, 9.17) is 11.5 Å². The summed E-state index contributed by atoms with van der Waals surface area (Å²) in [5.41, 5.74) is 1.70. The molecular formula is C16H12N2O3. The molecule has 0 spiro atoms. The van der Waals surface area contributed by atoms with Crippen LogP contribution in [0, 0.1) is 12.3 Å². The molecule has 0 aliphatic heterocycles. The molecule has 0 heterocycles. The van der Waals surface area contributed by atoms with Gasteiger partial charge in [-0.05, 0) is 36.4 Å². The Balaban J connectivity index is 2.06. The molecule has 0 aromatic heterocycles. The fourth-order valence-corrected chi connectivity index (χ4v) is 1.71. The summed E-state index contributed by atoms with van der Waals surface area (Å²) in [5, 5.41) is 14.1. The van der Waals surface area contributed by atoms with Crippen molar-refractivity contribution in [2.24, 2.45) is 0 Å². The lowest BCUT2D eigenvalue weighted by atomic mass is 10.2. The van der Waals surface area contributed by atoms with Crippen molar-refractivity contribution in [3.8, 4) is 12.3 Å². The van der Waals surface area contributed by atoms with Crippen molar-refractivity contribution in [2.45, 2.75) is 0 Å². The lowest BCUT2D eigenvalue weighted by Gasteiger charge is -2.08. The number of hydrogen-bond donors (Lipinski definition) is 3. The Kier molecular flexibility index (Phi) is 4.22. The van der Waals surface area contributed by atoms with Gasteiger partial charge in [-0.2, -0.15) is 0 Å². The van der Waals surface area contributed by atoms with Gasteiger partial charge in [-0.25, -0.2) is 9.59 Å². The Morgan fingerprint density at radius 2 is 1.62 bits per heavy atom. The van der Waals surface area contributed by atoms with E-state index in [9.17, 15) is 9.59 Å². The van der Waals surface area contributed by atoms with Crippen LogP contribution in [0.15, 0.2) is 48.5 Å². The van der Waals surface area contributed by atoms with Crippen LogP contribution in [0.5, 0.6) is 0 Å². The highest BCUT2D eigenvalue weighted by atomic mass is 16.4. The molecule has 5 heteroatoms. The molecule has 0 aliphatic carbocycles. The summed E-state index contributed by atoms with van der Waals surface area (Å²) in [6.45, 7) is 0. The first-order chi connectivity index (χ1) is 10.1. The van der Waals surface area contributed by atoms with E-state index in [1.807, 2.05) is 0 Å². The Morgan fingerprint density at radius 1 is 1.00 bits per heavy atom. The van der Waals surface area contributed by atoms with Gasteiger partial charge >= 0.3 is 12.0 Å². The number of urea groups is 1. The predicted octanol–water partition coefficient (Wildman–Crippen LogP) is 3.01. The van der Waals surface area contributed by atoms with Crippen LogP contribution in [-0.4, -0.2) is 17.1 Å². The minimum absolute atomic E-state index is 0.0992. The van der Waals surface area contributed by atoms with Crippen LogP contribution < -0.4 is 10.6 Å². The van der Waals surface area contributed by atoms with Crippen molar-refractivity contribution in [1.82, 2.24) is 0 Å². The highest BCUT2D eigenvalue weighted by molar-refractivity contribution is 6.00. The SMILES string of the molecule is C#Cc1cccc(NC(=O)Nc2cccc(C(=O)O)c2)c1. The second-order valence-corrected chi connectivity index (χ2v) is 4.19. The zero-order valence-corrected chi connectivity index (χ0v) is 11.0. The zero-order valence-electron chi connectivity index (χ0n) is 11.0. The normalized spacial score (nSPS) is 9.48. The van der Waals surface area contributed by atoms with Gasteiger partial charge in [-0.1, -0.05) is 18.1 Å². The molecule has 5 nitrogen and oxygen atoms in total. The van der Waals surface area contributed by atoms with Crippen LogP contribution in [0.25, 0.3) is 0 Å². The third-order valence-corrected chi connectivity index (χ3v) is 2.65. The van der Waals surface area contributed by atoms with Crippen LogP contribution in [0.1, 0.15) is 15.9 Å². The second-order valence-electron chi connectivity index (χ2n) is 4.19. The summed E-state index contributed by atoms with van der Waals surface area (Å²) in [7, 11) is 0. The molecule has 0 radical (unpaired) electrons. The predicted molar refractivity (Wildman–Crippen MR) is 80.4 cm³/mol. The standard InChI is InChI=1S/C16H12N2O3/c1-2-11-5-3-7-13(9-11)17-16(21)18-14-8-4-6-12(10-14)15(19)20/h1,3-10H,(H,19,20)(H2,17,18,21). The molecule has 2 aromatic rings. The summed E-state index contributed by atoms with van der Waals surface area (Å²) in [5.74, 6) is 1.42. The number of terminal acetylenes is 1. The van der Waals surface area contributed by atoms with Gasteiger partial charge in [0.05, 0.1) is 5.56 Å². The van der Waals surface area contributed by atoms with Gasteiger partial charge in [0.25, 0.3) is 0 Å². The first-order valence-corrected chi connectivity index (χ1v) is 6.06. The van der Waals surface area contributed by atoms with Crippen LogP contribution in [0.4, 0.5) is 16.2 Å². The lowest BCUT2D eigenvalue weighted by molar-refractivity contribution is 0.0697. The molecule has 0 saturated carbocycles. The molecule has 0 bridgehead atoms. The van der Waals surface area contributed by atoms with Crippen LogP contribution >= 0.6 is 0 Å². The molecule has 2 aromatic carbocycles. The van der Waals surface area contributed by atoms with Gasteiger partial charge in [0.15, 0.2) is 0 Å². The molecule has 104 valence electrons. The van der Waals surface area contributed by atoms with Crippen molar-refractivity contribution >= 4 is 23.4 Å². The number of carbonyl (C=O) groups is 2. The number of carbonyl (C=O) groups excluding carboxylic acids is 1. The fraction of sp³-hybridized carbons (Fsp3) is 0. The smallest absolute Gasteiger partial charge is 0.335 e. The third kappa shape index (κ3) is 3.85. The van der Waals surface area contributed by atoms with E-state index in [1.54, 1.807) is 36.4 Å². The van der Waals surface area contributed by atoms with Gasteiger partial charge < -0.3 is 15.7 Å². The van der Waals surface area contributed by atoms with E-state index in [-0.39, 0.29) is 5.56 Å². The van der Waals surface area contributed by atoms with E-state index in [0.29, 0.717) is 16.9 Å². The lowest BCUT2D eigenvalue weighted by Crippen LogP contribution is -2.19. The highest BCUT2D eigenvalue weighted by Gasteiger charge is 2.06. The van der Waals surface area contributed by atoms with Crippen LogP contribution in [-0.2, 0) is 0 Å². The topological polar surface area (TPSA) is 78.4 Å². The van der Waals surface area contributed by atoms with Gasteiger partial charge in [0, 0.05) is 16.9 Å². The fourth-order valence-electron chi connectivity index (χ4n) is 1.71. The van der Waals surface area contributed by atoms with E-state index < -0.39 is 12.0 Å². The Bertz CT molecular complexity index is 732. The van der Waals surface area contributed by atoms with Gasteiger partial charge in [-0.3, -0.25) is 0 Å². The van der Waals surface area contributed by atoms with Crippen molar-refractivity contribution in [2.75, 3.05) is 10.6 Å². The van der Waals surface area contributed by atoms with Gasteiger partial charge in [-0.15, -0.1) is 6.42 Å². The average Bonchev–Trinajstić information content (AvgIpc) is 2.47. The number of carboxylic acids is 1. The van der Waals surface area contributed by atoms with Gasteiger partial charge in [0.1, 0.15) is 0 Å². The van der Waals surface area contributed by atoms with Crippen LogP contribution in [0.3, 0.4) is 0 Å². The molecule has 0 saturated heterocycles. The minimum Gasteiger partial charge on any atom is -0.478 e. The van der Waals surface area contributed by atoms with E-state index in [1.165, 1.54) is 12.1 Å². The summed E-state index contributed by atoms with van der Waals surface area (Å²) < 4.78 is 0. The van der Waals surface area contributed by atoms with Crippen molar-refractivity contribution in [1.29, 1.82) is 0 Å². The molecular weight excluding hydrogens is 268 g/mol. The molecule has 2 amide bonds. The molecule has 0 atom stereocenters. The number of aromatic carboxylic acids is 1. The van der Waals surface area contributed by atoms with Crippen molar-refractivity contribution in [3.05, 3.63) is 59.7 Å². The monoisotopic (exact) mass is 280 g/mol. The first-order valence-electron chi connectivity index (χ1n) is 6.06. The molecule has 0 unspecified atom stereocenters. The molecule has 21 heavy (non-hydrogen) atoms. The first kappa shape index (κ1) is 14.2. The van der Waals surface area contributed by atoms with Gasteiger partial charge in [0.2, 0.25) is 0 Å². The molecule has 0 aliphatic rings. The Hall–Kier alpha value is -3.26. The number of amides is 2. The van der Waals surface area contributed by atoms with Crippen LogP contribution in [0.2, 0.25) is 0 Å². The van der Waals surface area contributed by atoms with E-state index >= 15 is 0 Å². The maximum absolute atomic E-state index is 11.8. The number of hydrogen-bond acceptors (Lipinski definition) is 2. The van der Waals surface area contributed by atoms with E-state index in [2.05, 4.69) is 16.6 Å². The summed E-state index contributed by atoms with van der Waals surface area (Å²) >= 11 is 0. The molecule has 3 N–H and O–H groups in total. The quantitative estimate of drug-likeness (QED) is 0.756. The van der Waals surface area contributed by atoms with Crippen molar-refractivity contribution < 1.29 is 14.7 Å². The molecule has 0 fully saturated rings. The zero-order chi connectivity index (χ0) is 15.2. The number of benzene rings is 2. The molecule has 2 rings (SSSR count). The average molecular weight is 280 g/mol. The van der Waals surface area contributed by atoms with Crippen molar-refractivity contribution in [3.63, 3.8) is 0 Å². The maximum atomic E-state index is 11.8. The third-order valence-electron chi connectivity index (χ3n) is 2.65. The Labute approximate surface area is 121 Å². The minimum atomic E-state index is -1.05. The largest absolute Gasteiger partial charge is 0.478 e. The number of anilines is 2. The second kappa shape index (κ2) is 6.26. The number of rotatable bonds is 3. The summed E-state index contributed by atoms with van der Waals surface area (Å²) in [6.07, 6.45) is 5.28.